The number of carbonyl (C=O) groups excluding carboxylic acids is 4. The molecule has 0 bridgehead atoms. The lowest BCUT2D eigenvalue weighted by atomic mass is 9.96. The van der Waals surface area contributed by atoms with Crippen molar-refractivity contribution in [2.75, 3.05) is 0 Å². The normalized spacial score (nSPS) is 19.3. The Morgan fingerprint density at radius 1 is 1.11 bits per heavy atom. The molecule has 27 heavy (non-hydrogen) atoms. The highest BCUT2D eigenvalue weighted by molar-refractivity contribution is 6.21. The molecule has 2 aromatic rings. The third-order valence-corrected chi connectivity index (χ3v) is 4.85. The Kier molecular flexibility index (Phi) is 4.35. The van der Waals surface area contributed by atoms with Gasteiger partial charge in [0.05, 0.1) is 29.5 Å². The van der Waals surface area contributed by atoms with Gasteiger partial charge in [0.15, 0.2) is 11.9 Å². The van der Waals surface area contributed by atoms with Crippen molar-refractivity contribution in [2.24, 2.45) is 0 Å². The summed E-state index contributed by atoms with van der Waals surface area (Å²) in [5.41, 5.74) is 0.529. The van der Waals surface area contributed by atoms with Gasteiger partial charge in [0, 0.05) is 6.42 Å². The Hall–Kier alpha value is -3.22. The molecule has 1 aliphatic carbocycles. The number of rotatable bonds is 4. The molecule has 1 atom stereocenters. The zero-order valence-electron chi connectivity index (χ0n) is 14.5. The van der Waals surface area contributed by atoms with Gasteiger partial charge in [0.2, 0.25) is 0 Å². The molecule has 2 amide bonds. The molecule has 2 aliphatic rings. The predicted molar refractivity (Wildman–Crippen MR) is 92.0 cm³/mol. The van der Waals surface area contributed by atoms with E-state index in [4.69, 9.17) is 9.15 Å². The Morgan fingerprint density at radius 3 is 2.67 bits per heavy atom. The van der Waals surface area contributed by atoms with Gasteiger partial charge >= 0.3 is 5.97 Å². The highest BCUT2D eigenvalue weighted by atomic mass is 16.5. The molecule has 2 heterocycles. The summed E-state index contributed by atoms with van der Waals surface area (Å²) in [6.45, 7) is 0.0235. The van der Waals surface area contributed by atoms with Gasteiger partial charge < -0.3 is 9.15 Å². The molecule has 4 rings (SSSR count). The first-order valence-corrected chi connectivity index (χ1v) is 8.81. The summed E-state index contributed by atoms with van der Waals surface area (Å²) in [4.78, 5) is 50.4. The van der Waals surface area contributed by atoms with E-state index in [1.807, 2.05) is 0 Å². The number of Topliss-reactive ketones (excluding diaryl/α,β-unsaturated/α-hetero) is 1. The second-order valence-corrected chi connectivity index (χ2v) is 6.64. The molecule has 7 nitrogen and oxygen atoms in total. The van der Waals surface area contributed by atoms with Crippen LogP contribution in [0.5, 0.6) is 0 Å². The van der Waals surface area contributed by atoms with Gasteiger partial charge in [0.1, 0.15) is 5.76 Å². The Labute approximate surface area is 154 Å². The molecule has 0 radical (unpaired) electrons. The fraction of sp³-hybridized carbons (Fsp3) is 0.300. The summed E-state index contributed by atoms with van der Waals surface area (Å²) in [5, 5.41) is 0. The van der Waals surface area contributed by atoms with Crippen LogP contribution in [0.4, 0.5) is 0 Å². The zero-order valence-corrected chi connectivity index (χ0v) is 14.5. The first kappa shape index (κ1) is 17.2. The lowest BCUT2D eigenvalue weighted by molar-refractivity contribution is -0.129. The number of nitrogens with zero attached hydrogens (tertiary/aromatic N) is 1. The molecule has 1 aromatic heterocycles. The van der Waals surface area contributed by atoms with Gasteiger partial charge in [-0.15, -0.1) is 0 Å². The third-order valence-electron chi connectivity index (χ3n) is 4.85. The number of esters is 1. The van der Waals surface area contributed by atoms with Crippen LogP contribution in [-0.4, -0.2) is 34.6 Å². The molecule has 0 spiro atoms. The summed E-state index contributed by atoms with van der Waals surface area (Å²) in [7, 11) is 0. The number of benzene rings is 1. The van der Waals surface area contributed by atoms with E-state index in [2.05, 4.69) is 0 Å². The van der Waals surface area contributed by atoms with E-state index < -0.39 is 23.9 Å². The van der Waals surface area contributed by atoms with Crippen molar-refractivity contribution in [2.45, 2.75) is 38.3 Å². The van der Waals surface area contributed by atoms with Crippen molar-refractivity contribution in [3.05, 3.63) is 59.0 Å². The summed E-state index contributed by atoms with van der Waals surface area (Å²) in [6, 6.07) is 7.59. The van der Waals surface area contributed by atoms with Crippen molar-refractivity contribution >= 4 is 23.6 Å². The second-order valence-electron chi connectivity index (χ2n) is 6.64. The molecule has 7 heteroatoms. The highest BCUT2D eigenvalue weighted by Gasteiger charge is 2.37. The van der Waals surface area contributed by atoms with Crippen LogP contribution in [0.2, 0.25) is 0 Å². The van der Waals surface area contributed by atoms with Gasteiger partial charge in [-0.1, -0.05) is 0 Å². The smallest absolute Gasteiger partial charge is 0.338 e. The average molecular weight is 367 g/mol. The predicted octanol–water partition coefficient (Wildman–Crippen LogP) is 2.74. The van der Waals surface area contributed by atoms with Gasteiger partial charge in [-0.3, -0.25) is 19.3 Å². The second kappa shape index (κ2) is 6.83. The van der Waals surface area contributed by atoms with E-state index in [9.17, 15) is 19.2 Å². The molecule has 1 aromatic carbocycles. The summed E-state index contributed by atoms with van der Waals surface area (Å²) in [5.74, 6) is -1.18. The Morgan fingerprint density at radius 2 is 1.93 bits per heavy atom. The van der Waals surface area contributed by atoms with Gasteiger partial charge in [-0.25, -0.2) is 4.79 Å². The topological polar surface area (TPSA) is 93.9 Å². The number of amides is 2. The van der Waals surface area contributed by atoms with Crippen molar-refractivity contribution < 1.29 is 28.3 Å². The van der Waals surface area contributed by atoms with Crippen molar-refractivity contribution in [1.29, 1.82) is 0 Å². The van der Waals surface area contributed by atoms with Crippen LogP contribution in [-0.2, 0) is 16.1 Å². The van der Waals surface area contributed by atoms with Crippen LogP contribution in [0.25, 0.3) is 0 Å². The molecule has 1 aliphatic heterocycles. The molecular formula is C20H17NO6. The number of hydrogen-bond acceptors (Lipinski definition) is 6. The summed E-state index contributed by atoms with van der Waals surface area (Å²) >= 11 is 0. The first-order chi connectivity index (χ1) is 13.0. The van der Waals surface area contributed by atoms with Crippen LogP contribution in [0, 0.1) is 0 Å². The number of ether oxygens (including phenoxy) is 1. The SMILES string of the molecule is O=C(OC1CCCCC1=O)c1ccc2c(c1)C(=O)N(Cc1ccco1)C2=O. The maximum atomic E-state index is 12.6. The minimum Gasteiger partial charge on any atom is -0.467 e. The number of furan rings is 1. The van der Waals surface area contributed by atoms with Crippen LogP contribution >= 0.6 is 0 Å². The number of carbonyl (C=O) groups is 4. The van der Waals surface area contributed by atoms with E-state index in [0.29, 0.717) is 18.6 Å². The molecule has 1 saturated carbocycles. The van der Waals surface area contributed by atoms with Gasteiger partial charge in [0.25, 0.3) is 11.8 Å². The minimum absolute atomic E-state index is 0.0235. The Bertz CT molecular complexity index is 930. The van der Waals surface area contributed by atoms with Crippen LogP contribution in [0.15, 0.2) is 41.0 Å². The monoisotopic (exact) mass is 367 g/mol. The Balaban J connectivity index is 1.53. The standard InChI is InChI=1S/C20H17NO6/c22-16-5-1-2-6-17(16)27-20(25)12-7-8-14-15(10-12)19(24)21(18(14)23)11-13-4-3-9-26-13/h3-4,7-10,17H,1-2,5-6,11H2. The fourth-order valence-corrected chi connectivity index (χ4v) is 3.39. The molecule has 1 unspecified atom stereocenters. The molecule has 0 saturated heterocycles. The molecular weight excluding hydrogens is 350 g/mol. The summed E-state index contributed by atoms with van der Waals surface area (Å²) in [6.07, 6.45) is 3.32. The van der Waals surface area contributed by atoms with Crippen molar-refractivity contribution in [3.8, 4) is 0 Å². The molecule has 0 N–H and O–H groups in total. The van der Waals surface area contributed by atoms with E-state index in [1.165, 1.54) is 24.5 Å². The lowest BCUT2D eigenvalue weighted by Crippen LogP contribution is -2.30. The number of ketones is 1. The van der Waals surface area contributed by atoms with E-state index in [-0.39, 0.29) is 29.0 Å². The average Bonchev–Trinajstić information content (AvgIpc) is 3.26. The zero-order chi connectivity index (χ0) is 19.0. The van der Waals surface area contributed by atoms with E-state index in [0.717, 1.165) is 17.7 Å². The van der Waals surface area contributed by atoms with Crippen molar-refractivity contribution in [3.63, 3.8) is 0 Å². The van der Waals surface area contributed by atoms with Crippen LogP contribution < -0.4 is 0 Å². The largest absolute Gasteiger partial charge is 0.467 e. The maximum absolute atomic E-state index is 12.6. The summed E-state index contributed by atoms with van der Waals surface area (Å²) < 4.78 is 10.5. The third kappa shape index (κ3) is 3.16. The number of fused-ring (bicyclic) bond motifs is 1. The molecule has 1 fully saturated rings. The van der Waals surface area contributed by atoms with Crippen LogP contribution in [0.3, 0.4) is 0 Å². The van der Waals surface area contributed by atoms with Crippen molar-refractivity contribution in [1.82, 2.24) is 4.90 Å². The fourth-order valence-electron chi connectivity index (χ4n) is 3.39. The lowest BCUT2D eigenvalue weighted by Gasteiger charge is -2.20. The van der Waals surface area contributed by atoms with Crippen LogP contribution in [0.1, 0.15) is 62.5 Å². The van der Waals surface area contributed by atoms with Gasteiger partial charge in [-0.2, -0.15) is 0 Å². The maximum Gasteiger partial charge on any atom is 0.338 e. The molecule has 138 valence electrons. The quantitative estimate of drug-likeness (QED) is 0.609. The van der Waals surface area contributed by atoms with E-state index >= 15 is 0 Å². The number of hydrogen-bond donors (Lipinski definition) is 0. The first-order valence-electron chi connectivity index (χ1n) is 8.81. The van der Waals surface area contributed by atoms with E-state index in [1.54, 1.807) is 12.1 Å². The highest BCUT2D eigenvalue weighted by Crippen LogP contribution is 2.27. The number of imide groups is 1. The van der Waals surface area contributed by atoms with Gasteiger partial charge in [-0.05, 0) is 49.6 Å². The minimum atomic E-state index is -0.729.